The van der Waals surface area contributed by atoms with Gasteiger partial charge in [0.2, 0.25) is 0 Å². The van der Waals surface area contributed by atoms with Gasteiger partial charge in [0.05, 0.1) is 32.9 Å². The van der Waals surface area contributed by atoms with Gasteiger partial charge in [-0.2, -0.15) is 18.3 Å². The Morgan fingerprint density at radius 3 is 2.23 bits per heavy atom. The molecule has 0 aliphatic rings. The molecule has 0 radical (unpaired) electrons. The highest BCUT2D eigenvalue weighted by molar-refractivity contribution is 7.92. The number of anilines is 1. The van der Waals surface area contributed by atoms with Crippen molar-refractivity contribution in [2.24, 2.45) is 5.10 Å². The van der Waals surface area contributed by atoms with Crippen LogP contribution in [0.1, 0.15) is 27.0 Å². The van der Waals surface area contributed by atoms with Gasteiger partial charge in [0, 0.05) is 0 Å². The van der Waals surface area contributed by atoms with Gasteiger partial charge in [-0.1, -0.05) is 47.5 Å². The van der Waals surface area contributed by atoms with Gasteiger partial charge in [0.15, 0.2) is 0 Å². The fourth-order valence-electron chi connectivity index (χ4n) is 3.74. The predicted molar refractivity (Wildman–Crippen MR) is 156 cm³/mol. The van der Waals surface area contributed by atoms with E-state index in [9.17, 15) is 31.2 Å². The number of hydrogen-bond acceptors (Lipinski definition) is 6. The van der Waals surface area contributed by atoms with Crippen LogP contribution in [-0.2, 0) is 21.0 Å². The SMILES string of the molecule is Cc1ccc(S(=O)(=O)N(CC(=O)N/N=C\c2ccc(OC(=O)c3ccccc3)cc2)c2ccc(Cl)c(C(F)(F)F)c2)cc1. The Balaban J connectivity index is 1.50. The molecule has 0 aromatic heterocycles. The van der Waals surface area contributed by atoms with Gasteiger partial charge in [-0.25, -0.2) is 18.6 Å². The van der Waals surface area contributed by atoms with Gasteiger partial charge >= 0.3 is 12.1 Å². The maximum Gasteiger partial charge on any atom is 0.417 e. The smallest absolute Gasteiger partial charge is 0.417 e. The van der Waals surface area contributed by atoms with Crippen LogP contribution >= 0.6 is 11.6 Å². The van der Waals surface area contributed by atoms with Crippen LogP contribution in [-0.4, -0.2) is 33.1 Å². The quantitative estimate of drug-likeness (QED) is 0.102. The molecule has 13 heteroatoms. The lowest BCUT2D eigenvalue weighted by Crippen LogP contribution is -2.39. The first kappa shape index (κ1) is 31.3. The van der Waals surface area contributed by atoms with Gasteiger partial charge in [0.25, 0.3) is 15.9 Å². The van der Waals surface area contributed by atoms with E-state index in [4.69, 9.17) is 16.3 Å². The second-order valence-corrected chi connectivity index (χ2v) is 11.4. The predicted octanol–water partition coefficient (Wildman–Crippen LogP) is 6.23. The molecule has 1 amide bonds. The van der Waals surface area contributed by atoms with Gasteiger partial charge in [-0.15, -0.1) is 0 Å². The molecule has 4 aromatic rings. The van der Waals surface area contributed by atoms with Crippen molar-refractivity contribution < 1.29 is 35.9 Å². The summed E-state index contributed by atoms with van der Waals surface area (Å²) in [5.41, 5.74) is 2.13. The summed E-state index contributed by atoms with van der Waals surface area (Å²) in [6, 6.07) is 22.7. The average molecular weight is 630 g/mol. The Kier molecular flexibility index (Phi) is 9.52. The molecule has 0 aliphatic carbocycles. The Morgan fingerprint density at radius 2 is 1.60 bits per heavy atom. The number of alkyl halides is 3. The first-order valence-electron chi connectivity index (χ1n) is 12.5. The number of amides is 1. The summed E-state index contributed by atoms with van der Waals surface area (Å²) in [5.74, 6) is -1.19. The van der Waals surface area contributed by atoms with E-state index in [1.807, 2.05) is 0 Å². The number of halogens is 4. The Bertz CT molecular complexity index is 1750. The summed E-state index contributed by atoms with van der Waals surface area (Å²) >= 11 is 5.72. The van der Waals surface area contributed by atoms with Gasteiger partial charge in [-0.3, -0.25) is 9.10 Å². The molecule has 0 unspecified atom stereocenters. The fourth-order valence-corrected chi connectivity index (χ4v) is 5.38. The zero-order valence-electron chi connectivity index (χ0n) is 22.4. The van der Waals surface area contributed by atoms with E-state index in [0.717, 1.165) is 17.7 Å². The Hall–Kier alpha value is -4.68. The summed E-state index contributed by atoms with van der Waals surface area (Å²) in [6.07, 6.45) is -3.61. The number of hydrazone groups is 1. The highest BCUT2D eigenvalue weighted by atomic mass is 35.5. The van der Waals surface area contributed by atoms with Crippen molar-refractivity contribution >= 4 is 45.4 Å². The minimum atomic E-state index is -4.87. The Labute approximate surface area is 250 Å². The molecule has 0 heterocycles. The topological polar surface area (TPSA) is 105 Å². The van der Waals surface area contributed by atoms with E-state index in [0.29, 0.717) is 21.5 Å². The van der Waals surface area contributed by atoms with Crippen LogP contribution < -0.4 is 14.5 Å². The third-order valence-corrected chi connectivity index (χ3v) is 8.06. The number of rotatable bonds is 9. The number of benzene rings is 4. The maximum atomic E-state index is 13.5. The second-order valence-electron chi connectivity index (χ2n) is 9.10. The Morgan fingerprint density at radius 1 is 0.953 bits per heavy atom. The van der Waals surface area contributed by atoms with Crippen molar-refractivity contribution in [3.8, 4) is 5.75 Å². The first-order chi connectivity index (χ1) is 20.3. The van der Waals surface area contributed by atoms with Crippen LogP contribution in [0.4, 0.5) is 18.9 Å². The van der Waals surface area contributed by atoms with E-state index in [1.54, 1.807) is 49.4 Å². The summed E-state index contributed by atoms with van der Waals surface area (Å²) in [4.78, 5) is 24.7. The lowest BCUT2D eigenvalue weighted by molar-refractivity contribution is -0.137. The van der Waals surface area contributed by atoms with Gasteiger partial charge < -0.3 is 4.74 Å². The molecule has 0 spiro atoms. The average Bonchev–Trinajstić information content (AvgIpc) is 2.97. The van der Waals surface area contributed by atoms with Crippen LogP contribution in [0.15, 0.2) is 107 Å². The third-order valence-electron chi connectivity index (χ3n) is 5.94. The van der Waals surface area contributed by atoms with E-state index in [2.05, 4.69) is 10.5 Å². The van der Waals surface area contributed by atoms with Crippen molar-refractivity contribution in [1.29, 1.82) is 0 Å². The first-order valence-corrected chi connectivity index (χ1v) is 14.3. The minimum Gasteiger partial charge on any atom is -0.423 e. The number of nitrogens with zero attached hydrogens (tertiary/aromatic N) is 2. The molecular formula is C30H23ClF3N3O5S. The van der Waals surface area contributed by atoms with Crippen molar-refractivity contribution in [2.75, 3.05) is 10.8 Å². The largest absolute Gasteiger partial charge is 0.423 e. The molecule has 0 atom stereocenters. The van der Waals surface area contributed by atoms with Crippen LogP contribution in [0.5, 0.6) is 5.75 Å². The molecule has 222 valence electrons. The molecule has 0 saturated heterocycles. The number of nitrogens with one attached hydrogen (secondary N) is 1. The summed E-state index contributed by atoms with van der Waals surface area (Å²) in [7, 11) is -4.48. The number of sulfonamides is 1. The van der Waals surface area contributed by atoms with Gasteiger partial charge in [-0.05, 0) is 79.2 Å². The van der Waals surface area contributed by atoms with Crippen LogP contribution in [0.3, 0.4) is 0 Å². The molecule has 0 fully saturated rings. The molecule has 4 aromatic carbocycles. The summed E-state index contributed by atoms with van der Waals surface area (Å²) in [6.45, 7) is 0.847. The van der Waals surface area contributed by atoms with Gasteiger partial charge in [0.1, 0.15) is 12.3 Å². The molecule has 1 N–H and O–H groups in total. The van der Waals surface area contributed by atoms with E-state index < -0.39 is 50.9 Å². The summed E-state index contributed by atoms with van der Waals surface area (Å²) < 4.78 is 73.4. The number of esters is 1. The van der Waals surface area contributed by atoms with Crippen molar-refractivity contribution in [3.63, 3.8) is 0 Å². The second kappa shape index (κ2) is 13.1. The van der Waals surface area contributed by atoms with Crippen molar-refractivity contribution in [2.45, 2.75) is 18.0 Å². The number of carbonyl (C=O) groups excluding carboxylic acids is 2. The number of ether oxygens (including phenoxy) is 1. The lowest BCUT2D eigenvalue weighted by atomic mass is 10.2. The molecule has 0 bridgehead atoms. The zero-order valence-corrected chi connectivity index (χ0v) is 24.0. The molecule has 0 aliphatic heterocycles. The standard InChI is InChI=1S/C30H23ClF3N3O5S/c1-20-7-14-25(15-8-20)43(40,41)37(23-11-16-27(31)26(17-23)30(32,33)34)19-28(38)36-35-18-21-9-12-24(13-10-21)42-29(39)22-5-3-2-4-6-22/h2-18H,19H2,1H3,(H,36,38)/b35-18-. The van der Waals surface area contributed by atoms with E-state index in [-0.39, 0.29) is 10.6 Å². The van der Waals surface area contributed by atoms with E-state index >= 15 is 0 Å². The highest BCUT2D eigenvalue weighted by Gasteiger charge is 2.35. The van der Waals surface area contributed by atoms with Crippen LogP contribution in [0.25, 0.3) is 0 Å². The molecule has 4 rings (SSSR count). The molecule has 0 saturated carbocycles. The minimum absolute atomic E-state index is 0.231. The molecule has 43 heavy (non-hydrogen) atoms. The third kappa shape index (κ3) is 7.99. The van der Waals surface area contributed by atoms with Crippen LogP contribution in [0.2, 0.25) is 5.02 Å². The monoisotopic (exact) mass is 629 g/mol. The molecule has 8 nitrogen and oxygen atoms in total. The molecular weight excluding hydrogens is 607 g/mol. The zero-order chi connectivity index (χ0) is 31.2. The lowest BCUT2D eigenvalue weighted by Gasteiger charge is -2.25. The number of hydrogen-bond donors (Lipinski definition) is 1. The number of aryl methyl sites for hydroxylation is 1. The van der Waals surface area contributed by atoms with Crippen LogP contribution in [0, 0.1) is 6.92 Å². The normalized spacial score (nSPS) is 11.7. The summed E-state index contributed by atoms with van der Waals surface area (Å²) in [5, 5.41) is 3.18. The van der Waals surface area contributed by atoms with Crippen molar-refractivity contribution in [1.82, 2.24) is 5.43 Å². The highest BCUT2D eigenvalue weighted by Crippen LogP contribution is 2.38. The van der Waals surface area contributed by atoms with E-state index in [1.165, 1.54) is 42.6 Å². The van der Waals surface area contributed by atoms with Crippen molar-refractivity contribution in [3.05, 3.63) is 124 Å². The number of carbonyl (C=O) groups is 2. The fraction of sp³-hybridized carbons (Fsp3) is 0.100. The maximum absolute atomic E-state index is 13.5.